The fourth-order valence-electron chi connectivity index (χ4n) is 3.30. The molecule has 1 aliphatic rings. The van der Waals surface area contributed by atoms with Gasteiger partial charge in [0.25, 0.3) is 5.56 Å². The Hall–Kier alpha value is -2.43. The van der Waals surface area contributed by atoms with Crippen molar-refractivity contribution in [2.45, 2.75) is 37.0 Å². The predicted molar refractivity (Wildman–Crippen MR) is 115 cm³/mol. The zero-order valence-corrected chi connectivity index (χ0v) is 18.0. The quantitative estimate of drug-likeness (QED) is 0.350. The number of methoxy groups -OCH3 is 1. The molecule has 2 aromatic rings. The molecule has 0 amide bonds. The third-order valence-electron chi connectivity index (χ3n) is 5.30. The first kappa shape index (κ1) is 22.3. The number of aliphatic hydroxyl groups excluding tert-OH is 2. The second-order valence-electron chi connectivity index (χ2n) is 7.61. The number of aliphatic hydroxyl groups is 2. The van der Waals surface area contributed by atoms with Crippen molar-refractivity contribution in [2.24, 2.45) is 7.05 Å². The third-order valence-corrected chi connectivity index (χ3v) is 7.22. The Balaban J connectivity index is 2.00. The van der Waals surface area contributed by atoms with E-state index in [9.17, 15) is 18.5 Å². The van der Waals surface area contributed by atoms with E-state index >= 15 is 0 Å². The Morgan fingerprint density at radius 2 is 2.07 bits per heavy atom. The van der Waals surface area contributed by atoms with E-state index < -0.39 is 34.3 Å². The molecule has 0 radical (unpaired) electrons. The van der Waals surface area contributed by atoms with Crippen LogP contribution in [0, 0.1) is 12.7 Å². The summed E-state index contributed by atoms with van der Waals surface area (Å²) in [6, 6.07) is 5.90. The molecule has 0 spiro atoms. The van der Waals surface area contributed by atoms with E-state index in [2.05, 4.69) is 10.0 Å². The molecule has 10 heteroatoms. The molecule has 1 aromatic carbocycles. The highest BCUT2D eigenvalue weighted by Crippen LogP contribution is 2.47. The van der Waals surface area contributed by atoms with E-state index in [0.29, 0.717) is 12.8 Å². The lowest BCUT2D eigenvalue weighted by Gasteiger charge is -2.20. The molecule has 1 aliphatic carbocycles. The Morgan fingerprint density at radius 3 is 2.63 bits per heavy atom. The van der Waals surface area contributed by atoms with Crippen LogP contribution in [0.3, 0.4) is 0 Å². The number of ether oxygens (including phenoxy) is 1. The molecular formula is C20H27FN3O5S+. The normalized spacial score (nSPS) is 16.6. The summed E-state index contributed by atoms with van der Waals surface area (Å²) in [7, 11) is 0.816. The molecule has 1 fully saturated rings. The average Bonchev–Trinajstić information content (AvgIpc) is 3.49. The maximum atomic E-state index is 14.4. The van der Waals surface area contributed by atoms with Gasteiger partial charge < -0.3 is 20.3 Å². The van der Waals surface area contributed by atoms with Crippen molar-refractivity contribution in [3.8, 4) is 5.75 Å². The summed E-state index contributed by atoms with van der Waals surface area (Å²) in [5, 5.41) is 21.8. The largest absolute Gasteiger partial charge is 0.494 e. The van der Waals surface area contributed by atoms with Crippen LogP contribution in [0.15, 0.2) is 29.1 Å². The average molecular weight is 441 g/mol. The summed E-state index contributed by atoms with van der Waals surface area (Å²) < 4.78 is 36.4. The number of thiol groups is 1. The number of pyridine rings is 1. The van der Waals surface area contributed by atoms with Crippen LogP contribution in [-0.2, 0) is 22.2 Å². The SMILES string of the molecule is COc1cc(=O)n(C)c(Nc2ccc(C)cc2F)c1N[SH+](=O)C1(C[C@H](O)CO)CC1. The lowest BCUT2D eigenvalue weighted by molar-refractivity contribution is 0.0861. The maximum absolute atomic E-state index is 14.4. The van der Waals surface area contributed by atoms with E-state index in [1.165, 1.54) is 30.9 Å². The highest BCUT2D eigenvalue weighted by Gasteiger charge is 2.56. The topological polar surface area (TPSA) is 113 Å². The second kappa shape index (κ2) is 8.75. The standard InChI is InChI=1S/C20H26FN3O5S/c1-12-4-5-15(14(21)8-12)22-19-18(16(29-3)9-17(27)24(19)2)23-30(28)20(6-7-20)10-13(26)11-25/h4-5,8-9,13,22,25-26H,6-7,10-11H2,1-3H3,(H,23,28)/p+1/t13-,30?/m0/s1. The van der Waals surface area contributed by atoms with Gasteiger partial charge >= 0.3 is 0 Å². The molecule has 4 N–H and O–H groups in total. The molecular weight excluding hydrogens is 413 g/mol. The van der Waals surface area contributed by atoms with Gasteiger partial charge in [0, 0.05) is 32.4 Å². The van der Waals surface area contributed by atoms with E-state index in [1.54, 1.807) is 19.1 Å². The highest BCUT2D eigenvalue weighted by molar-refractivity contribution is 7.88. The van der Waals surface area contributed by atoms with Crippen LogP contribution in [0.4, 0.5) is 21.6 Å². The summed E-state index contributed by atoms with van der Waals surface area (Å²) in [4.78, 5) is 12.4. The number of aryl methyl sites for hydroxylation is 1. The first-order valence-electron chi connectivity index (χ1n) is 9.55. The molecule has 1 unspecified atom stereocenters. The molecule has 1 heterocycles. The number of hydrogen-bond acceptors (Lipinski definition) is 6. The van der Waals surface area contributed by atoms with Crippen LogP contribution in [0.25, 0.3) is 0 Å². The molecule has 1 aromatic heterocycles. The van der Waals surface area contributed by atoms with E-state index in [1.807, 2.05) is 0 Å². The zero-order chi connectivity index (χ0) is 22.1. The van der Waals surface area contributed by atoms with Crippen LogP contribution in [0.1, 0.15) is 24.8 Å². The molecule has 8 nitrogen and oxygen atoms in total. The number of halogens is 1. The van der Waals surface area contributed by atoms with Gasteiger partial charge in [-0.25, -0.2) is 9.11 Å². The van der Waals surface area contributed by atoms with Crippen molar-refractivity contribution >= 4 is 28.2 Å². The lowest BCUT2D eigenvalue weighted by atomic mass is 10.2. The van der Waals surface area contributed by atoms with Crippen LogP contribution in [0.5, 0.6) is 5.75 Å². The summed E-state index contributed by atoms with van der Waals surface area (Å²) in [6.07, 6.45) is 0.495. The molecule has 3 rings (SSSR count). The Kier molecular flexibility index (Phi) is 6.49. The molecule has 1 saturated carbocycles. The number of anilines is 3. The van der Waals surface area contributed by atoms with E-state index in [0.717, 1.165) is 5.56 Å². The summed E-state index contributed by atoms with van der Waals surface area (Å²) >= 11 is 0. The van der Waals surface area contributed by atoms with Crippen LogP contribution >= 0.6 is 0 Å². The number of nitrogens with one attached hydrogen (secondary N) is 2. The number of nitrogens with zero attached hydrogens (tertiary/aromatic N) is 1. The maximum Gasteiger partial charge on any atom is 0.255 e. The smallest absolute Gasteiger partial charge is 0.255 e. The zero-order valence-electron chi connectivity index (χ0n) is 17.1. The molecule has 2 atom stereocenters. The van der Waals surface area contributed by atoms with Gasteiger partial charge in [0.1, 0.15) is 11.6 Å². The highest BCUT2D eigenvalue weighted by atomic mass is 32.2. The molecule has 164 valence electrons. The van der Waals surface area contributed by atoms with Gasteiger partial charge in [0.05, 0.1) is 25.5 Å². The second-order valence-corrected chi connectivity index (χ2v) is 9.37. The summed E-state index contributed by atoms with van der Waals surface area (Å²) in [5.41, 5.74) is 0.765. The first-order chi connectivity index (χ1) is 14.2. The number of rotatable bonds is 9. The number of aromatic nitrogens is 1. The van der Waals surface area contributed by atoms with Gasteiger partial charge in [0.2, 0.25) is 0 Å². The van der Waals surface area contributed by atoms with Gasteiger partial charge in [-0.2, -0.15) is 0 Å². The Labute approximate surface area is 176 Å². The lowest BCUT2D eigenvalue weighted by Crippen LogP contribution is -2.30. The molecule has 0 aliphatic heterocycles. The minimum atomic E-state index is -2.08. The first-order valence-corrected chi connectivity index (χ1v) is 10.8. The van der Waals surface area contributed by atoms with Crippen molar-refractivity contribution in [1.29, 1.82) is 0 Å². The van der Waals surface area contributed by atoms with Crippen molar-refractivity contribution in [3.63, 3.8) is 0 Å². The van der Waals surface area contributed by atoms with Crippen LogP contribution < -0.4 is 20.3 Å². The van der Waals surface area contributed by atoms with E-state index in [4.69, 9.17) is 9.84 Å². The van der Waals surface area contributed by atoms with Crippen molar-refractivity contribution < 1.29 is 23.5 Å². The Bertz CT molecular complexity index is 1020. The minimum Gasteiger partial charge on any atom is -0.494 e. The van der Waals surface area contributed by atoms with Gasteiger partial charge in [-0.3, -0.25) is 9.36 Å². The third kappa shape index (κ3) is 4.50. The minimum absolute atomic E-state index is 0.152. The van der Waals surface area contributed by atoms with Crippen molar-refractivity contribution in [1.82, 2.24) is 4.57 Å². The number of hydrogen-bond donors (Lipinski definition) is 4. The predicted octanol–water partition coefficient (Wildman–Crippen LogP) is 1.88. The van der Waals surface area contributed by atoms with Crippen molar-refractivity contribution in [2.75, 3.05) is 23.8 Å². The van der Waals surface area contributed by atoms with E-state index in [-0.39, 0.29) is 34.9 Å². The Morgan fingerprint density at radius 1 is 1.37 bits per heavy atom. The molecule has 0 bridgehead atoms. The fraction of sp³-hybridized carbons (Fsp3) is 0.450. The van der Waals surface area contributed by atoms with Gasteiger partial charge in [-0.1, -0.05) is 10.3 Å². The van der Waals surface area contributed by atoms with Gasteiger partial charge in [-0.15, -0.1) is 0 Å². The summed E-state index contributed by atoms with van der Waals surface area (Å²) in [5.74, 6) is -0.135. The molecule has 0 saturated heterocycles. The number of benzene rings is 1. The molecule has 30 heavy (non-hydrogen) atoms. The van der Waals surface area contributed by atoms with Gasteiger partial charge in [0.15, 0.2) is 27.2 Å². The van der Waals surface area contributed by atoms with Gasteiger partial charge in [-0.05, 0) is 24.6 Å². The van der Waals surface area contributed by atoms with Crippen LogP contribution in [-0.4, -0.2) is 39.3 Å². The fourth-order valence-corrected chi connectivity index (χ4v) is 4.85. The monoisotopic (exact) mass is 440 g/mol. The van der Waals surface area contributed by atoms with Crippen LogP contribution in [0.2, 0.25) is 0 Å². The summed E-state index contributed by atoms with van der Waals surface area (Å²) in [6.45, 7) is 1.36. The van der Waals surface area contributed by atoms with Crippen molar-refractivity contribution in [3.05, 3.63) is 46.0 Å².